The zero-order valence-corrected chi connectivity index (χ0v) is 32.2. The van der Waals surface area contributed by atoms with E-state index < -0.39 is 11.7 Å². The molecule has 2 aliphatic heterocycles. The molecule has 1 fully saturated rings. The fourth-order valence-corrected chi connectivity index (χ4v) is 8.20. The predicted octanol–water partition coefficient (Wildman–Crippen LogP) is 7.28. The van der Waals surface area contributed by atoms with Crippen molar-refractivity contribution < 1.29 is 38.0 Å². The third-order valence-corrected chi connectivity index (χ3v) is 10.9. The average molecular weight is 778 g/mol. The molecule has 54 heavy (non-hydrogen) atoms. The van der Waals surface area contributed by atoms with Crippen LogP contribution in [0.4, 0.5) is 6.01 Å². The Hall–Kier alpha value is -4.75. The van der Waals surface area contributed by atoms with Crippen LogP contribution < -0.4 is 23.8 Å². The maximum absolute atomic E-state index is 14.1. The summed E-state index contributed by atoms with van der Waals surface area (Å²) in [6, 6.07) is 14.8. The number of oxazole rings is 1. The van der Waals surface area contributed by atoms with Crippen LogP contribution in [0.1, 0.15) is 53.6 Å². The Labute approximate surface area is 323 Å². The molecule has 0 radical (unpaired) electrons. The van der Waals surface area contributed by atoms with Crippen molar-refractivity contribution in [3.05, 3.63) is 98.8 Å². The molecular formula is C40H42Cl2N4O8. The number of ether oxygens (including phenoxy) is 5. The van der Waals surface area contributed by atoms with E-state index in [9.17, 15) is 9.90 Å². The molecule has 0 aliphatic carbocycles. The van der Waals surface area contributed by atoms with Crippen LogP contribution in [0, 0.1) is 0 Å². The van der Waals surface area contributed by atoms with E-state index in [1.165, 1.54) is 0 Å². The molecule has 0 unspecified atom stereocenters. The van der Waals surface area contributed by atoms with Gasteiger partial charge in [0.25, 0.3) is 11.9 Å². The lowest BCUT2D eigenvalue weighted by molar-refractivity contribution is -0.163. The van der Waals surface area contributed by atoms with Crippen molar-refractivity contribution in [2.75, 3.05) is 46.5 Å². The summed E-state index contributed by atoms with van der Waals surface area (Å²) in [6.07, 6.45) is 3.11. The molecule has 3 aromatic carbocycles. The number of carbonyl (C=O) groups excluding carboxylic acids is 1. The Morgan fingerprint density at radius 1 is 0.963 bits per heavy atom. The zero-order valence-electron chi connectivity index (χ0n) is 30.7. The lowest BCUT2D eigenvalue weighted by Gasteiger charge is -2.41. The average Bonchev–Trinajstić information content (AvgIpc) is 3.62. The molecule has 0 bridgehead atoms. The van der Waals surface area contributed by atoms with Crippen molar-refractivity contribution >= 4 is 46.2 Å². The van der Waals surface area contributed by atoms with Crippen LogP contribution in [-0.4, -0.2) is 73.6 Å². The third kappa shape index (κ3) is 7.23. The van der Waals surface area contributed by atoms with Gasteiger partial charge in [0.05, 0.1) is 60.4 Å². The monoisotopic (exact) mass is 776 g/mol. The number of fused-ring (bicyclic) bond motifs is 2. The van der Waals surface area contributed by atoms with E-state index in [0.29, 0.717) is 75.8 Å². The van der Waals surface area contributed by atoms with E-state index in [0.717, 1.165) is 22.3 Å². The molecule has 1 N–H and O–H groups in total. The van der Waals surface area contributed by atoms with Gasteiger partial charge >= 0.3 is 0 Å². The second kappa shape index (κ2) is 15.5. The number of aromatic nitrogens is 2. The summed E-state index contributed by atoms with van der Waals surface area (Å²) >= 11 is 12.9. The number of nitrogens with zero attached hydrogens (tertiary/aromatic N) is 4. The molecule has 0 spiro atoms. The molecule has 3 atom stereocenters. The van der Waals surface area contributed by atoms with Gasteiger partial charge in [0, 0.05) is 64.5 Å². The largest absolute Gasteiger partial charge is 0.497 e. The summed E-state index contributed by atoms with van der Waals surface area (Å²) in [7, 11) is 6.42. The Kier molecular flexibility index (Phi) is 10.8. The number of halogens is 2. The topological polar surface area (TPSA) is 129 Å². The Morgan fingerprint density at radius 3 is 2.26 bits per heavy atom. The van der Waals surface area contributed by atoms with Gasteiger partial charge in [0.15, 0.2) is 5.58 Å². The Bertz CT molecular complexity index is 2120. The molecule has 12 nitrogen and oxygen atoms in total. The summed E-state index contributed by atoms with van der Waals surface area (Å²) in [4.78, 5) is 27.1. The number of pyridine rings is 1. The first-order valence-electron chi connectivity index (χ1n) is 17.6. The number of anilines is 1. The van der Waals surface area contributed by atoms with Gasteiger partial charge in [-0.1, -0.05) is 23.2 Å². The van der Waals surface area contributed by atoms with Crippen LogP contribution in [0.15, 0.2) is 65.3 Å². The predicted molar refractivity (Wildman–Crippen MR) is 204 cm³/mol. The smallest absolute Gasteiger partial charge is 0.299 e. The van der Waals surface area contributed by atoms with Gasteiger partial charge < -0.3 is 43.0 Å². The van der Waals surface area contributed by atoms with E-state index >= 15 is 0 Å². The van der Waals surface area contributed by atoms with Crippen molar-refractivity contribution in [2.45, 2.75) is 57.0 Å². The number of carbonyl (C=O) groups is 1. The third-order valence-electron chi connectivity index (χ3n) is 10.4. The number of aliphatic hydroxyl groups is 1. The van der Waals surface area contributed by atoms with Gasteiger partial charge in [-0.05, 0) is 60.9 Å². The van der Waals surface area contributed by atoms with E-state index in [4.69, 9.17) is 56.3 Å². The minimum Gasteiger partial charge on any atom is -0.497 e. The van der Waals surface area contributed by atoms with Gasteiger partial charge in [0.1, 0.15) is 40.2 Å². The van der Waals surface area contributed by atoms with Gasteiger partial charge in [-0.25, -0.2) is 0 Å². The minimum atomic E-state index is -1.49. The Morgan fingerprint density at radius 2 is 1.63 bits per heavy atom. The van der Waals surface area contributed by atoms with Crippen LogP contribution in [-0.2, 0) is 34.6 Å². The molecule has 1 saturated heterocycles. The SMILES string of the molecule is COc1ccc(CN(Cc2ccc(OC)cc2OC)c2nc3cncc([C@]4(O)CCO[C@@H](C(=O)N5CCc6cc(Cl)cc(Cl)c6[C@@H]5C)C4)c3o2)c(OC)c1. The van der Waals surface area contributed by atoms with Crippen LogP contribution in [0.25, 0.3) is 11.1 Å². The summed E-state index contributed by atoms with van der Waals surface area (Å²) in [6.45, 7) is 3.23. The fourth-order valence-electron chi connectivity index (χ4n) is 7.51. The van der Waals surface area contributed by atoms with Gasteiger partial charge in [-0.2, -0.15) is 4.98 Å². The highest BCUT2D eigenvalue weighted by molar-refractivity contribution is 6.35. The zero-order chi connectivity index (χ0) is 38.1. The van der Waals surface area contributed by atoms with Crippen LogP contribution in [0.5, 0.6) is 23.0 Å². The number of methoxy groups -OCH3 is 4. The molecule has 4 heterocycles. The Balaban J connectivity index is 1.21. The normalized spacial score (nSPS) is 19.7. The molecule has 7 rings (SSSR count). The number of amides is 1. The molecule has 2 aromatic heterocycles. The first kappa shape index (κ1) is 37.6. The molecule has 1 amide bonds. The molecule has 14 heteroatoms. The molecule has 5 aromatic rings. The summed E-state index contributed by atoms with van der Waals surface area (Å²) < 4.78 is 34.9. The molecule has 0 saturated carbocycles. The van der Waals surface area contributed by atoms with Crippen LogP contribution in [0.2, 0.25) is 10.0 Å². The second-order valence-corrected chi connectivity index (χ2v) is 14.4. The van der Waals surface area contributed by atoms with Crippen molar-refractivity contribution in [1.82, 2.24) is 14.9 Å². The van der Waals surface area contributed by atoms with Gasteiger partial charge in [0.2, 0.25) is 0 Å². The number of benzene rings is 3. The van der Waals surface area contributed by atoms with Crippen molar-refractivity contribution in [3.8, 4) is 23.0 Å². The second-order valence-electron chi connectivity index (χ2n) is 13.5. The maximum atomic E-state index is 14.1. The highest BCUT2D eigenvalue weighted by Crippen LogP contribution is 2.42. The molecular weight excluding hydrogens is 735 g/mol. The summed E-state index contributed by atoms with van der Waals surface area (Å²) in [5.74, 6) is 2.36. The van der Waals surface area contributed by atoms with Gasteiger partial charge in [-0.3, -0.25) is 9.78 Å². The lowest BCUT2D eigenvalue weighted by Crippen LogP contribution is -2.50. The highest BCUT2D eigenvalue weighted by Gasteiger charge is 2.44. The van der Waals surface area contributed by atoms with Gasteiger partial charge in [-0.15, -0.1) is 0 Å². The van der Waals surface area contributed by atoms with E-state index in [1.807, 2.05) is 54.3 Å². The number of hydrogen-bond acceptors (Lipinski definition) is 11. The van der Waals surface area contributed by atoms with Crippen LogP contribution in [0.3, 0.4) is 0 Å². The van der Waals surface area contributed by atoms with Crippen molar-refractivity contribution in [3.63, 3.8) is 0 Å². The van der Waals surface area contributed by atoms with E-state index in [1.54, 1.807) is 51.8 Å². The van der Waals surface area contributed by atoms with Crippen molar-refractivity contribution in [2.24, 2.45) is 0 Å². The lowest BCUT2D eigenvalue weighted by atomic mass is 9.83. The van der Waals surface area contributed by atoms with E-state index in [2.05, 4.69) is 4.98 Å². The molecule has 2 aliphatic rings. The minimum absolute atomic E-state index is 0.00287. The fraction of sp³-hybridized carbons (Fsp3) is 0.375. The van der Waals surface area contributed by atoms with Crippen molar-refractivity contribution in [1.29, 1.82) is 0 Å². The highest BCUT2D eigenvalue weighted by atomic mass is 35.5. The molecule has 284 valence electrons. The van der Waals surface area contributed by atoms with Crippen LogP contribution >= 0.6 is 23.2 Å². The van der Waals surface area contributed by atoms with E-state index in [-0.39, 0.29) is 37.4 Å². The standard InChI is InChI=1S/C40H42Cl2N4O8/c1-23-36-24(14-27(41)15-31(36)42)10-12-46(23)38(47)35-18-40(48,11-13-53-35)30-19-43-20-32-37(30)54-39(44-32)45(21-25-6-8-28(49-2)16-33(25)51-4)22-26-7-9-29(50-3)17-34(26)52-5/h6-9,14-17,19-20,23,35,48H,10-13,18,21-22H2,1-5H3/t23-,35+,40-/m0/s1. The first-order valence-corrected chi connectivity index (χ1v) is 18.4. The number of rotatable bonds is 11. The summed E-state index contributed by atoms with van der Waals surface area (Å²) in [5.41, 5.74) is 3.37. The first-order chi connectivity index (χ1) is 26.0. The summed E-state index contributed by atoms with van der Waals surface area (Å²) in [5, 5.41) is 13.4. The maximum Gasteiger partial charge on any atom is 0.299 e. The number of hydrogen-bond donors (Lipinski definition) is 1. The quantitative estimate of drug-likeness (QED) is 0.145.